The van der Waals surface area contributed by atoms with Gasteiger partial charge in [-0.15, -0.1) is 0 Å². The summed E-state index contributed by atoms with van der Waals surface area (Å²) in [5.41, 5.74) is 4.10. The SMILES string of the molecule is CCN1CCN(c2ccc(Cl)cc2NC(=O)c2ccc(-n3nc(C)cc3C)nc2)CC1. The van der Waals surface area contributed by atoms with Crippen molar-refractivity contribution in [1.29, 1.82) is 0 Å². The molecule has 31 heavy (non-hydrogen) atoms. The molecule has 4 rings (SSSR count). The third kappa shape index (κ3) is 4.73. The zero-order valence-electron chi connectivity index (χ0n) is 18.1. The predicted molar refractivity (Wildman–Crippen MR) is 125 cm³/mol. The first-order valence-electron chi connectivity index (χ1n) is 10.5. The lowest BCUT2D eigenvalue weighted by Crippen LogP contribution is -2.46. The van der Waals surface area contributed by atoms with Crippen LogP contribution in [0.3, 0.4) is 0 Å². The van der Waals surface area contributed by atoms with E-state index in [4.69, 9.17) is 11.6 Å². The molecule has 1 aromatic carbocycles. The molecule has 0 radical (unpaired) electrons. The van der Waals surface area contributed by atoms with Crippen LogP contribution in [0, 0.1) is 13.8 Å². The van der Waals surface area contributed by atoms with Crippen molar-refractivity contribution in [3.63, 3.8) is 0 Å². The molecule has 0 bridgehead atoms. The lowest BCUT2D eigenvalue weighted by Gasteiger charge is -2.36. The maximum absolute atomic E-state index is 12.9. The van der Waals surface area contributed by atoms with E-state index in [1.54, 1.807) is 29.1 Å². The summed E-state index contributed by atoms with van der Waals surface area (Å²) >= 11 is 6.24. The zero-order valence-corrected chi connectivity index (χ0v) is 18.9. The molecule has 0 saturated carbocycles. The van der Waals surface area contributed by atoms with E-state index in [9.17, 15) is 4.79 Å². The Morgan fingerprint density at radius 1 is 1.10 bits per heavy atom. The Balaban J connectivity index is 1.52. The number of hydrogen-bond acceptors (Lipinski definition) is 5. The number of nitrogens with one attached hydrogen (secondary N) is 1. The Morgan fingerprint density at radius 2 is 1.87 bits per heavy atom. The Kier molecular flexibility index (Phi) is 6.25. The summed E-state index contributed by atoms with van der Waals surface area (Å²) in [5, 5.41) is 8.05. The highest BCUT2D eigenvalue weighted by molar-refractivity contribution is 6.31. The molecule has 1 saturated heterocycles. The first kappa shape index (κ1) is 21.3. The second kappa shape index (κ2) is 9.08. The van der Waals surface area contributed by atoms with Crippen LogP contribution in [0.25, 0.3) is 5.82 Å². The minimum absolute atomic E-state index is 0.219. The van der Waals surface area contributed by atoms with Gasteiger partial charge in [0, 0.05) is 43.1 Å². The van der Waals surface area contributed by atoms with Crippen molar-refractivity contribution >= 4 is 28.9 Å². The predicted octanol–water partition coefficient (Wildman–Crippen LogP) is 3.93. The van der Waals surface area contributed by atoms with Gasteiger partial charge < -0.3 is 15.1 Å². The summed E-state index contributed by atoms with van der Waals surface area (Å²) in [7, 11) is 0. The number of halogens is 1. The third-order valence-corrected chi connectivity index (χ3v) is 5.84. The number of carbonyl (C=O) groups is 1. The van der Waals surface area contributed by atoms with Crippen molar-refractivity contribution in [2.75, 3.05) is 42.9 Å². The van der Waals surface area contributed by atoms with Crippen molar-refractivity contribution in [3.8, 4) is 5.82 Å². The number of aryl methyl sites for hydroxylation is 2. The Morgan fingerprint density at radius 3 is 2.48 bits per heavy atom. The zero-order chi connectivity index (χ0) is 22.0. The minimum Gasteiger partial charge on any atom is -0.367 e. The smallest absolute Gasteiger partial charge is 0.257 e. The van der Waals surface area contributed by atoms with Crippen LogP contribution in [0.15, 0.2) is 42.6 Å². The Labute approximate surface area is 187 Å². The van der Waals surface area contributed by atoms with Crippen LogP contribution in [0.4, 0.5) is 11.4 Å². The van der Waals surface area contributed by atoms with Crippen LogP contribution in [-0.4, -0.2) is 58.3 Å². The first-order chi connectivity index (χ1) is 14.9. The number of pyridine rings is 1. The van der Waals surface area contributed by atoms with E-state index in [-0.39, 0.29) is 5.91 Å². The van der Waals surface area contributed by atoms with E-state index < -0.39 is 0 Å². The summed E-state index contributed by atoms with van der Waals surface area (Å²) in [6.07, 6.45) is 1.57. The fourth-order valence-electron chi connectivity index (χ4n) is 3.89. The van der Waals surface area contributed by atoms with Gasteiger partial charge >= 0.3 is 0 Å². The molecule has 1 aliphatic rings. The second-order valence-corrected chi connectivity index (χ2v) is 8.22. The minimum atomic E-state index is -0.219. The number of piperazine rings is 1. The van der Waals surface area contributed by atoms with E-state index in [0.717, 1.165) is 49.8 Å². The van der Waals surface area contributed by atoms with Gasteiger partial charge in [-0.25, -0.2) is 9.67 Å². The molecule has 1 fully saturated rings. The van der Waals surface area contributed by atoms with E-state index in [2.05, 4.69) is 32.1 Å². The molecule has 0 atom stereocenters. The van der Waals surface area contributed by atoms with Crippen LogP contribution >= 0.6 is 11.6 Å². The number of carbonyl (C=O) groups excluding carboxylic acids is 1. The van der Waals surface area contributed by atoms with Gasteiger partial charge in [0.1, 0.15) is 0 Å². The number of anilines is 2. The molecule has 2 aromatic heterocycles. The number of likely N-dealkylation sites (N-methyl/N-ethyl adjacent to an activating group) is 1. The lowest BCUT2D eigenvalue weighted by molar-refractivity contribution is 0.102. The van der Waals surface area contributed by atoms with Crippen LogP contribution in [0.2, 0.25) is 5.02 Å². The summed E-state index contributed by atoms with van der Waals surface area (Å²) < 4.78 is 1.77. The van der Waals surface area contributed by atoms with Crippen molar-refractivity contribution in [2.45, 2.75) is 20.8 Å². The van der Waals surface area contributed by atoms with Crippen molar-refractivity contribution in [3.05, 3.63) is 64.6 Å². The van der Waals surface area contributed by atoms with E-state index in [1.165, 1.54) is 0 Å². The fourth-order valence-corrected chi connectivity index (χ4v) is 4.06. The molecular weight excluding hydrogens is 412 g/mol. The highest BCUT2D eigenvalue weighted by Crippen LogP contribution is 2.30. The Hall–Kier alpha value is -2.90. The van der Waals surface area contributed by atoms with Gasteiger partial charge in [-0.1, -0.05) is 18.5 Å². The number of amides is 1. The van der Waals surface area contributed by atoms with Crippen LogP contribution < -0.4 is 10.2 Å². The summed E-state index contributed by atoms with van der Waals surface area (Å²) in [6, 6.07) is 11.2. The number of aromatic nitrogens is 3. The monoisotopic (exact) mass is 438 g/mol. The maximum atomic E-state index is 12.9. The van der Waals surface area contributed by atoms with Crippen LogP contribution in [0.1, 0.15) is 28.7 Å². The lowest BCUT2D eigenvalue weighted by atomic mass is 10.2. The quantitative estimate of drug-likeness (QED) is 0.653. The van der Waals surface area contributed by atoms with Gasteiger partial charge in [-0.05, 0) is 56.8 Å². The number of rotatable bonds is 5. The average molecular weight is 439 g/mol. The summed E-state index contributed by atoms with van der Waals surface area (Å²) in [4.78, 5) is 22.1. The maximum Gasteiger partial charge on any atom is 0.257 e. The first-order valence-corrected chi connectivity index (χ1v) is 10.9. The van der Waals surface area contributed by atoms with Crippen molar-refractivity contribution in [2.24, 2.45) is 0 Å². The third-order valence-electron chi connectivity index (χ3n) is 5.60. The van der Waals surface area contributed by atoms with E-state index in [0.29, 0.717) is 22.1 Å². The summed E-state index contributed by atoms with van der Waals surface area (Å²) in [6.45, 7) is 11.0. The average Bonchev–Trinajstić information content (AvgIpc) is 3.12. The highest BCUT2D eigenvalue weighted by Gasteiger charge is 2.20. The van der Waals surface area contributed by atoms with Crippen molar-refractivity contribution < 1.29 is 4.79 Å². The largest absolute Gasteiger partial charge is 0.367 e. The molecule has 0 spiro atoms. The van der Waals surface area contributed by atoms with Gasteiger partial charge in [0.15, 0.2) is 5.82 Å². The van der Waals surface area contributed by atoms with Crippen LogP contribution in [0.5, 0.6) is 0 Å². The second-order valence-electron chi connectivity index (χ2n) is 7.78. The van der Waals surface area contributed by atoms with E-state index in [1.807, 2.05) is 32.0 Å². The number of nitrogens with zero attached hydrogens (tertiary/aromatic N) is 5. The molecule has 1 aliphatic heterocycles. The molecule has 7 nitrogen and oxygen atoms in total. The molecule has 162 valence electrons. The van der Waals surface area contributed by atoms with Gasteiger partial charge in [-0.2, -0.15) is 5.10 Å². The molecule has 3 aromatic rings. The van der Waals surface area contributed by atoms with Gasteiger partial charge in [0.05, 0.1) is 22.6 Å². The van der Waals surface area contributed by atoms with Gasteiger partial charge in [-0.3, -0.25) is 4.79 Å². The normalized spacial score (nSPS) is 14.6. The molecule has 3 heterocycles. The Bertz CT molecular complexity index is 1070. The number of benzene rings is 1. The summed E-state index contributed by atoms with van der Waals surface area (Å²) in [5.74, 6) is 0.461. The molecular formula is C23H27ClN6O. The van der Waals surface area contributed by atoms with E-state index >= 15 is 0 Å². The highest BCUT2D eigenvalue weighted by atomic mass is 35.5. The number of hydrogen-bond donors (Lipinski definition) is 1. The fraction of sp³-hybridized carbons (Fsp3) is 0.348. The standard InChI is InChI=1S/C23H27ClN6O/c1-4-28-9-11-29(12-10-28)21-7-6-19(24)14-20(21)26-23(31)18-5-8-22(25-15-18)30-17(3)13-16(2)27-30/h5-8,13-15H,4,9-12H2,1-3H3,(H,26,31). The van der Waals surface area contributed by atoms with Gasteiger partial charge in [0.2, 0.25) is 0 Å². The molecule has 0 aliphatic carbocycles. The van der Waals surface area contributed by atoms with Gasteiger partial charge in [0.25, 0.3) is 5.91 Å². The molecule has 8 heteroatoms. The topological polar surface area (TPSA) is 66.3 Å². The molecule has 0 unspecified atom stereocenters. The molecule has 1 N–H and O–H groups in total. The molecule has 1 amide bonds. The van der Waals surface area contributed by atoms with Crippen molar-refractivity contribution in [1.82, 2.24) is 19.7 Å². The van der Waals surface area contributed by atoms with Crippen LogP contribution in [-0.2, 0) is 0 Å².